The lowest BCUT2D eigenvalue weighted by atomic mass is 10.1. The lowest BCUT2D eigenvalue weighted by Gasteiger charge is -2.11. The maximum Gasteiger partial charge on any atom is 0.303 e. The standard InChI is InChI=1S/C18H34O2.C4H10N2/c1-2-3-4-5-6-7-8-9-10-11-12-13-14-15-16-17-18(19)20;1-2-6-4-3-5-1/h9-10H,2-8,11-17H2,1H3,(H,19,20);5-6H,1-4H2/b10-9-;. The zero-order valence-corrected chi connectivity index (χ0v) is 17.2. The average molecular weight is 369 g/mol. The predicted molar refractivity (Wildman–Crippen MR) is 113 cm³/mol. The maximum atomic E-state index is 10.3. The van der Waals surface area contributed by atoms with E-state index in [1.807, 2.05) is 0 Å². The van der Waals surface area contributed by atoms with Crippen LogP contribution in [-0.2, 0) is 4.79 Å². The van der Waals surface area contributed by atoms with Crippen molar-refractivity contribution in [1.29, 1.82) is 0 Å². The third-order valence-electron chi connectivity index (χ3n) is 4.61. The number of unbranched alkanes of at least 4 members (excludes halogenated alkanes) is 11. The molecule has 4 heteroatoms. The summed E-state index contributed by atoms with van der Waals surface area (Å²) in [4.78, 5) is 10.3. The van der Waals surface area contributed by atoms with Gasteiger partial charge < -0.3 is 15.7 Å². The van der Waals surface area contributed by atoms with E-state index in [1.54, 1.807) is 0 Å². The molecule has 0 atom stereocenters. The molecule has 0 spiro atoms. The number of nitrogens with one attached hydrogen (secondary N) is 2. The Bertz CT molecular complexity index is 304. The molecule has 26 heavy (non-hydrogen) atoms. The minimum atomic E-state index is -0.664. The van der Waals surface area contributed by atoms with E-state index in [-0.39, 0.29) is 0 Å². The van der Waals surface area contributed by atoms with E-state index >= 15 is 0 Å². The zero-order valence-electron chi connectivity index (χ0n) is 17.2. The smallest absolute Gasteiger partial charge is 0.303 e. The van der Waals surface area contributed by atoms with Crippen molar-refractivity contribution in [2.24, 2.45) is 0 Å². The summed E-state index contributed by atoms with van der Waals surface area (Å²) in [6.07, 6.45) is 21.2. The van der Waals surface area contributed by atoms with Gasteiger partial charge >= 0.3 is 5.97 Å². The van der Waals surface area contributed by atoms with Crippen molar-refractivity contribution in [3.05, 3.63) is 12.2 Å². The van der Waals surface area contributed by atoms with E-state index in [2.05, 4.69) is 29.7 Å². The molecule has 4 nitrogen and oxygen atoms in total. The molecule has 0 radical (unpaired) electrons. The molecule has 154 valence electrons. The van der Waals surface area contributed by atoms with Gasteiger partial charge in [0.1, 0.15) is 0 Å². The average Bonchev–Trinajstić information content (AvgIpc) is 2.66. The molecule has 3 N–H and O–H groups in total. The fraction of sp³-hybridized carbons (Fsp3) is 0.864. The van der Waals surface area contributed by atoms with E-state index in [1.165, 1.54) is 70.6 Å². The number of aliphatic carboxylic acids is 1. The second kappa shape index (κ2) is 22.2. The highest BCUT2D eigenvalue weighted by atomic mass is 16.4. The van der Waals surface area contributed by atoms with Gasteiger partial charge in [0.2, 0.25) is 0 Å². The first-order chi connectivity index (χ1) is 12.8. The molecule has 0 amide bonds. The summed E-state index contributed by atoms with van der Waals surface area (Å²) in [7, 11) is 0. The highest BCUT2D eigenvalue weighted by Gasteiger charge is 1.96. The number of carboxylic acid groups (broad SMARTS) is 1. The molecule has 0 aromatic heterocycles. The van der Waals surface area contributed by atoms with Crippen LogP contribution in [0.3, 0.4) is 0 Å². The van der Waals surface area contributed by atoms with Crippen molar-refractivity contribution in [2.45, 2.75) is 96.8 Å². The SMILES string of the molecule is C1CNCCN1.CCCCCCCC/C=C\CCCCCCCC(=O)O. The molecule has 1 aliphatic rings. The lowest BCUT2D eigenvalue weighted by molar-refractivity contribution is -0.137. The Balaban J connectivity index is 0.000000867. The van der Waals surface area contributed by atoms with E-state index in [9.17, 15) is 4.79 Å². The summed E-state index contributed by atoms with van der Waals surface area (Å²) in [5.74, 6) is -0.664. The van der Waals surface area contributed by atoms with Crippen molar-refractivity contribution in [3.8, 4) is 0 Å². The number of carbonyl (C=O) groups is 1. The van der Waals surface area contributed by atoms with Crippen molar-refractivity contribution < 1.29 is 9.90 Å². The van der Waals surface area contributed by atoms with Crippen LogP contribution in [-0.4, -0.2) is 37.3 Å². The molecule has 0 aliphatic carbocycles. The van der Waals surface area contributed by atoms with Crippen molar-refractivity contribution >= 4 is 5.97 Å². The summed E-state index contributed by atoms with van der Waals surface area (Å²) < 4.78 is 0. The van der Waals surface area contributed by atoms with E-state index in [0.29, 0.717) is 6.42 Å². The molecule has 0 aromatic rings. The van der Waals surface area contributed by atoms with Crippen LogP contribution in [0.4, 0.5) is 0 Å². The second-order valence-electron chi connectivity index (χ2n) is 7.23. The molecule has 1 rings (SSSR count). The molecule has 0 saturated carbocycles. The van der Waals surface area contributed by atoms with Crippen LogP contribution in [0.15, 0.2) is 12.2 Å². The van der Waals surface area contributed by atoms with Crippen molar-refractivity contribution in [2.75, 3.05) is 26.2 Å². The first-order valence-electron chi connectivity index (χ1n) is 11.1. The molecule has 1 saturated heterocycles. The summed E-state index contributed by atoms with van der Waals surface area (Å²) in [5, 5.41) is 15.0. The van der Waals surface area contributed by atoms with E-state index < -0.39 is 5.97 Å². The van der Waals surface area contributed by atoms with Crippen LogP contribution >= 0.6 is 0 Å². The molecule has 0 aromatic carbocycles. The maximum absolute atomic E-state index is 10.3. The molecule has 0 bridgehead atoms. The number of allylic oxidation sites excluding steroid dienone is 2. The zero-order chi connectivity index (χ0) is 19.1. The normalized spacial score (nSPS) is 14.2. The van der Waals surface area contributed by atoms with Crippen LogP contribution in [0.2, 0.25) is 0 Å². The van der Waals surface area contributed by atoms with Crippen LogP contribution in [0, 0.1) is 0 Å². The first-order valence-corrected chi connectivity index (χ1v) is 11.1. The third kappa shape index (κ3) is 23.1. The van der Waals surface area contributed by atoms with Crippen LogP contribution in [0.5, 0.6) is 0 Å². The molecular weight excluding hydrogens is 324 g/mol. The summed E-state index contributed by atoms with van der Waals surface area (Å²) >= 11 is 0. The largest absolute Gasteiger partial charge is 0.481 e. The number of carboxylic acids is 1. The second-order valence-corrected chi connectivity index (χ2v) is 7.23. The quantitative estimate of drug-likeness (QED) is 0.271. The van der Waals surface area contributed by atoms with Crippen LogP contribution in [0.25, 0.3) is 0 Å². The first kappa shape index (κ1) is 25.1. The van der Waals surface area contributed by atoms with Crippen LogP contribution < -0.4 is 10.6 Å². The topological polar surface area (TPSA) is 61.4 Å². The Labute approximate surface area is 162 Å². The van der Waals surface area contributed by atoms with Crippen molar-refractivity contribution in [1.82, 2.24) is 10.6 Å². The van der Waals surface area contributed by atoms with Crippen LogP contribution in [0.1, 0.15) is 96.8 Å². The fourth-order valence-electron chi connectivity index (χ4n) is 2.95. The number of hydrogen-bond donors (Lipinski definition) is 3. The minimum absolute atomic E-state index is 0.332. The molecule has 1 aliphatic heterocycles. The molecule has 1 fully saturated rings. The van der Waals surface area contributed by atoms with Gasteiger partial charge in [-0.2, -0.15) is 0 Å². The monoisotopic (exact) mass is 368 g/mol. The summed E-state index contributed by atoms with van der Waals surface area (Å²) in [6.45, 7) is 6.81. The van der Waals surface area contributed by atoms with Gasteiger partial charge in [-0.05, 0) is 32.1 Å². The van der Waals surface area contributed by atoms with Gasteiger partial charge in [-0.15, -0.1) is 0 Å². The van der Waals surface area contributed by atoms with Gasteiger partial charge in [0, 0.05) is 32.6 Å². The Morgan fingerprint density at radius 3 is 1.58 bits per heavy atom. The minimum Gasteiger partial charge on any atom is -0.481 e. The van der Waals surface area contributed by atoms with Gasteiger partial charge in [-0.1, -0.05) is 70.4 Å². The van der Waals surface area contributed by atoms with Gasteiger partial charge in [0.25, 0.3) is 0 Å². The van der Waals surface area contributed by atoms with Crippen molar-refractivity contribution in [3.63, 3.8) is 0 Å². The molecule has 0 unspecified atom stereocenters. The third-order valence-corrected chi connectivity index (χ3v) is 4.61. The number of rotatable bonds is 15. The number of piperazine rings is 1. The predicted octanol–water partition coefficient (Wildman–Crippen LogP) is 5.29. The Morgan fingerprint density at radius 2 is 1.15 bits per heavy atom. The molecule has 1 heterocycles. The highest BCUT2D eigenvalue weighted by molar-refractivity contribution is 5.66. The van der Waals surface area contributed by atoms with E-state index in [4.69, 9.17) is 5.11 Å². The van der Waals surface area contributed by atoms with E-state index in [0.717, 1.165) is 39.0 Å². The summed E-state index contributed by atoms with van der Waals surface area (Å²) in [5.41, 5.74) is 0. The summed E-state index contributed by atoms with van der Waals surface area (Å²) in [6, 6.07) is 0. The highest BCUT2D eigenvalue weighted by Crippen LogP contribution is 2.09. The lowest BCUT2D eigenvalue weighted by Crippen LogP contribution is -2.39. The van der Waals surface area contributed by atoms with Gasteiger partial charge in [0.05, 0.1) is 0 Å². The Kier molecular flexibility index (Phi) is 21.4. The molecular formula is C22H44N2O2. The Hall–Kier alpha value is -0.870. The fourth-order valence-corrected chi connectivity index (χ4v) is 2.95. The Morgan fingerprint density at radius 1 is 0.731 bits per heavy atom. The van der Waals surface area contributed by atoms with Gasteiger partial charge in [-0.3, -0.25) is 4.79 Å². The number of hydrogen-bond acceptors (Lipinski definition) is 3. The van der Waals surface area contributed by atoms with Gasteiger partial charge in [0.15, 0.2) is 0 Å². The van der Waals surface area contributed by atoms with Gasteiger partial charge in [-0.25, -0.2) is 0 Å².